The fourth-order valence-electron chi connectivity index (χ4n) is 2.29. The fourth-order valence-corrected chi connectivity index (χ4v) is 2.29. The Labute approximate surface area is 134 Å². The SMILES string of the molecule is Fc1ccc(OCCNc2cc(N3CCOCC3)ncn2)cc1. The molecule has 3 rings (SSSR count). The number of halogens is 1. The van der Waals surface area contributed by atoms with Gasteiger partial charge in [-0.2, -0.15) is 0 Å². The quantitative estimate of drug-likeness (QED) is 0.822. The van der Waals surface area contributed by atoms with Crippen molar-refractivity contribution in [1.29, 1.82) is 0 Å². The molecule has 0 spiro atoms. The molecule has 0 bridgehead atoms. The van der Waals surface area contributed by atoms with E-state index in [0.29, 0.717) is 18.9 Å². The smallest absolute Gasteiger partial charge is 0.134 e. The molecule has 1 aromatic heterocycles. The molecule has 1 saturated heterocycles. The van der Waals surface area contributed by atoms with Crippen molar-refractivity contribution in [2.45, 2.75) is 0 Å². The molecule has 2 aromatic rings. The maximum absolute atomic E-state index is 12.8. The fraction of sp³-hybridized carbons (Fsp3) is 0.375. The van der Waals surface area contributed by atoms with Crippen molar-refractivity contribution in [1.82, 2.24) is 9.97 Å². The summed E-state index contributed by atoms with van der Waals surface area (Å²) >= 11 is 0. The van der Waals surface area contributed by atoms with Crippen LogP contribution >= 0.6 is 0 Å². The first-order valence-corrected chi connectivity index (χ1v) is 7.58. The number of anilines is 2. The van der Waals surface area contributed by atoms with Crippen LogP contribution < -0.4 is 15.0 Å². The number of rotatable bonds is 6. The molecule has 1 aliphatic rings. The lowest BCUT2D eigenvalue weighted by Crippen LogP contribution is -2.36. The summed E-state index contributed by atoms with van der Waals surface area (Å²) in [6.45, 7) is 4.17. The number of hydrogen-bond acceptors (Lipinski definition) is 6. The third-order valence-electron chi connectivity index (χ3n) is 3.48. The summed E-state index contributed by atoms with van der Waals surface area (Å²) in [6, 6.07) is 7.89. The van der Waals surface area contributed by atoms with Gasteiger partial charge in [0.1, 0.15) is 36.1 Å². The van der Waals surface area contributed by atoms with E-state index >= 15 is 0 Å². The van der Waals surface area contributed by atoms with E-state index in [1.807, 2.05) is 6.07 Å². The molecule has 0 saturated carbocycles. The zero-order valence-corrected chi connectivity index (χ0v) is 12.7. The molecule has 6 nitrogen and oxygen atoms in total. The molecule has 0 aliphatic carbocycles. The minimum Gasteiger partial charge on any atom is -0.492 e. The Balaban J connectivity index is 1.47. The lowest BCUT2D eigenvalue weighted by molar-refractivity contribution is 0.122. The minimum atomic E-state index is -0.271. The summed E-state index contributed by atoms with van der Waals surface area (Å²) in [5, 5.41) is 3.20. The predicted octanol–water partition coefficient (Wildman–Crippen LogP) is 1.94. The van der Waals surface area contributed by atoms with Crippen LogP contribution in [0.2, 0.25) is 0 Å². The van der Waals surface area contributed by atoms with Crippen molar-refractivity contribution in [2.24, 2.45) is 0 Å². The first-order valence-electron chi connectivity index (χ1n) is 7.58. The number of hydrogen-bond donors (Lipinski definition) is 1. The standard InChI is InChI=1S/C16H19FN4O2/c17-13-1-3-14(4-2-13)23-8-5-18-15-11-16(20-12-19-15)21-6-9-22-10-7-21/h1-4,11-12H,5-10H2,(H,18,19,20). The van der Waals surface area contributed by atoms with Gasteiger partial charge in [0.25, 0.3) is 0 Å². The van der Waals surface area contributed by atoms with E-state index in [0.717, 1.165) is 37.9 Å². The van der Waals surface area contributed by atoms with Gasteiger partial charge in [0.15, 0.2) is 0 Å². The zero-order valence-electron chi connectivity index (χ0n) is 12.7. The lowest BCUT2D eigenvalue weighted by atomic mass is 10.3. The second kappa shape index (κ2) is 7.73. The van der Waals surface area contributed by atoms with Crippen molar-refractivity contribution in [3.63, 3.8) is 0 Å². The topological polar surface area (TPSA) is 59.5 Å². The van der Waals surface area contributed by atoms with E-state index in [2.05, 4.69) is 20.2 Å². The minimum absolute atomic E-state index is 0.271. The Hall–Kier alpha value is -2.41. The Bertz CT molecular complexity index is 618. The highest BCUT2D eigenvalue weighted by Gasteiger charge is 2.12. The lowest BCUT2D eigenvalue weighted by Gasteiger charge is -2.27. The Morgan fingerprint density at radius 2 is 1.96 bits per heavy atom. The molecule has 0 radical (unpaired) electrons. The van der Waals surface area contributed by atoms with Crippen molar-refractivity contribution >= 4 is 11.6 Å². The molecule has 2 heterocycles. The van der Waals surface area contributed by atoms with E-state index < -0.39 is 0 Å². The Morgan fingerprint density at radius 1 is 1.17 bits per heavy atom. The summed E-state index contributed by atoms with van der Waals surface area (Å²) in [5.41, 5.74) is 0. The predicted molar refractivity (Wildman–Crippen MR) is 85.4 cm³/mol. The average Bonchev–Trinajstić information content (AvgIpc) is 2.61. The molecule has 23 heavy (non-hydrogen) atoms. The Kier molecular flexibility index (Phi) is 5.21. The Morgan fingerprint density at radius 3 is 2.74 bits per heavy atom. The number of morpholine rings is 1. The van der Waals surface area contributed by atoms with Crippen LogP contribution in [0.1, 0.15) is 0 Å². The van der Waals surface area contributed by atoms with Gasteiger partial charge in [0.2, 0.25) is 0 Å². The van der Waals surface area contributed by atoms with Crippen LogP contribution in [0.3, 0.4) is 0 Å². The number of ether oxygens (including phenoxy) is 2. The first-order chi connectivity index (χ1) is 11.3. The van der Waals surface area contributed by atoms with Gasteiger partial charge in [0.05, 0.1) is 19.8 Å². The molecular formula is C16H19FN4O2. The van der Waals surface area contributed by atoms with Crippen LogP contribution in [0.25, 0.3) is 0 Å². The number of benzene rings is 1. The second-order valence-electron chi connectivity index (χ2n) is 5.09. The third kappa shape index (κ3) is 4.53. The van der Waals surface area contributed by atoms with E-state index in [-0.39, 0.29) is 5.82 Å². The number of aromatic nitrogens is 2. The maximum atomic E-state index is 12.8. The van der Waals surface area contributed by atoms with E-state index in [9.17, 15) is 4.39 Å². The zero-order chi connectivity index (χ0) is 15.9. The molecule has 1 aromatic carbocycles. The van der Waals surface area contributed by atoms with Crippen molar-refractivity contribution in [3.05, 3.63) is 42.5 Å². The molecule has 0 atom stereocenters. The molecule has 1 N–H and O–H groups in total. The third-order valence-corrected chi connectivity index (χ3v) is 3.48. The van der Waals surface area contributed by atoms with Gasteiger partial charge in [-0.1, -0.05) is 0 Å². The van der Waals surface area contributed by atoms with Gasteiger partial charge in [-0.3, -0.25) is 0 Å². The summed E-state index contributed by atoms with van der Waals surface area (Å²) in [7, 11) is 0. The highest BCUT2D eigenvalue weighted by molar-refractivity contribution is 5.48. The first kappa shape index (κ1) is 15.5. The van der Waals surface area contributed by atoms with Gasteiger partial charge >= 0.3 is 0 Å². The average molecular weight is 318 g/mol. The number of nitrogens with zero attached hydrogens (tertiary/aromatic N) is 3. The second-order valence-corrected chi connectivity index (χ2v) is 5.09. The molecular weight excluding hydrogens is 299 g/mol. The van der Waals surface area contributed by atoms with Crippen molar-refractivity contribution in [2.75, 3.05) is 49.7 Å². The van der Waals surface area contributed by atoms with Gasteiger partial charge in [-0.25, -0.2) is 14.4 Å². The van der Waals surface area contributed by atoms with E-state index in [1.165, 1.54) is 12.1 Å². The molecule has 7 heteroatoms. The molecule has 1 aliphatic heterocycles. The maximum Gasteiger partial charge on any atom is 0.134 e. The van der Waals surface area contributed by atoms with Crippen molar-refractivity contribution in [3.8, 4) is 5.75 Å². The van der Waals surface area contributed by atoms with Gasteiger partial charge in [-0.05, 0) is 24.3 Å². The molecule has 1 fully saturated rings. The monoisotopic (exact) mass is 318 g/mol. The summed E-state index contributed by atoms with van der Waals surface area (Å²) in [4.78, 5) is 10.7. The van der Waals surface area contributed by atoms with Crippen LogP contribution in [0, 0.1) is 5.82 Å². The van der Waals surface area contributed by atoms with Gasteiger partial charge in [0, 0.05) is 19.2 Å². The molecule has 0 unspecified atom stereocenters. The van der Waals surface area contributed by atoms with E-state index in [4.69, 9.17) is 9.47 Å². The summed E-state index contributed by atoms with van der Waals surface area (Å²) in [6.07, 6.45) is 1.55. The summed E-state index contributed by atoms with van der Waals surface area (Å²) < 4.78 is 23.7. The van der Waals surface area contributed by atoms with Crippen LogP contribution in [0.4, 0.5) is 16.0 Å². The van der Waals surface area contributed by atoms with Crippen LogP contribution in [0.5, 0.6) is 5.75 Å². The highest BCUT2D eigenvalue weighted by Crippen LogP contribution is 2.15. The van der Waals surface area contributed by atoms with Gasteiger partial charge < -0.3 is 19.7 Å². The van der Waals surface area contributed by atoms with Crippen LogP contribution in [-0.2, 0) is 4.74 Å². The van der Waals surface area contributed by atoms with Crippen molar-refractivity contribution < 1.29 is 13.9 Å². The van der Waals surface area contributed by atoms with E-state index in [1.54, 1.807) is 18.5 Å². The van der Waals surface area contributed by atoms with Crippen LogP contribution in [0.15, 0.2) is 36.7 Å². The summed E-state index contributed by atoms with van der Waals surface area (Å²) in [5.74, 6) is 2.02. The largest absolute Gasteiger partial charge is 0.492 e. The van der Waals surface area contributed by atoms with Gasteiger partial charge in [-0.15, -0.1) is 0 Å². The number of nitrogens with one attached hydrogen (secondary N) is 1. The molecule has 0 amide bonds. The molecule has 122 valence electrons. The highest BCUT2D eigenvalue weighted by atomic mass is 19.1. The van der Waals surface area contributed by atoms with Crippen LogP contribution in [-0.4, -0.2) is 49.4 Å². The normalized spacial score (nSPS) is 14.6.